The van der Waals surface area contributed by atoms with E-state index < -0.39 is 0 Å². The highest BCUT2D eigenvalue weighted by Gasteiger charge is 2.24. The van der Waals surface area contributed by atoms with Crippen LogP contribution in [0, 0.1) is 0 Å². The van der Waals surface area contributed by atoms with Gasteiger partial charge < -0.3 is 10.2 Å². The predicted molar refractivity (Wildman–Crippen MR) is 99.0 cm³/mol. The molecule has 1 fully saturated rings. The Morgan fingerprint density at radius 2 is 1.58 bits per heavy atom. The third-order valence-corrected chi connectivity index (χ3v) is 4.73. The fourth-order valence-electron chi connectivity index (χ4n) is 3.07. The van der Waals surface area contributed by atoms with E-state index in [-0.39, 0.29) is 11.9 Å². The van der Waals surface area contributed by atoms with Crippen LogP contribution < -0.4 is 5.32 Å². The number of carbonyl (C=O) groups excluding carboxylic acids is 1. The molecule has 1 amide bonds. The average molecular weight is 323 g/mol. The maximum Gasteiger partial charge on any atom is 0.241 e. The van der Waals surface area contributed by atoms with Gasteiger partial charge in [0.2, 0.25) is 5.91 Å². The van der Waals surface area contributed by atoms with Gasteiger partial charge in [0, 0.05) is 37.4 Å². The number of para-hydroxylation sites is 1. The summed E-state index contributed by atoms with van der Waals surface area (Å²) in [6.45, 7) is 5.89. The lowest BCUT2D eigenvalue weighted by Gasteiger charge is -2.35. The summed E-state index contributed by atoms with van der Waals surface area (Å²) in [7, 11) is 2.12. The summed E-state index contributed by atoms with van der Waals surface area (Å²) >= 11 is 0. The Balaban J connectivity index is 1.73. The molecule has 1 aliphatic rings. The monoisotopic (exact) mass is 323 g/mol. The van der Waals surface area contributed by atoms with Crippen molar-refractivity contribution in [3.8, 4) is 11.1 Å². The van der Waals surface area contributed by atoms with Crippen molar-refractivity contribution in [2.24, 2.45) is 0 Å². The van der Waals surface area contributed by atoms with E-state index in [2.05, 4.69) is 34.3 Å². The Hall–Kier alpha value is -2.17. The normalized spacial score (nSPS) is 17.4. The second-order valence-electron chi connectivity index (χ2n) is 6.42. The zero-order valence-corrected chi connectivity index (χ0v) is 14.4. The first-order valence-corrected chi connectivity index (χ1v) is 8.53. The first-order valence-electron chi connectivity index (χ1n) is 8.53. The van der Waals surface area contributed by atoms with Gasteiger partial charge in [-0.05, 0) is 25.6 Å². The first kappa shape index (κ1) is 16.7. The molecule has 1 aliphatic heterocycles. The molecule has 4 nitrogen and oxygen atoms in total. The number of nitrogens with one attached hydrogen (secondary N) is 1. The van der Waals surface area contributed by atoms with Gasteiger partial charge in [0.1, 0.15) is 0 Å². The second-order valence-corrected chi connectivity index (χ2v) is 6.42. The summed E-state index contributed by atoms with van der Waals surface area (Å²) in [4.78, 5) is 17.3. The van der Waals surface area contributed by atoms with E-state index >= 15 is 0 Å². The summed E-state index contributed by atoms with van der Waals surface area (Å²) in [6, 6.07) is 18.0. The van der Waals surface area contributed by atoms with Crippen LogP contribution in [0.3, 0.4) is 0 Å². The molecule has 1 atom stereocenters. The molecule has 4 heteroatoms. The van der Waals surface area contributed by atoms with E-state index in [4.69, 9.17) is 0 Å². The number of likely N-dealkylation sites (N-methyl/N-ethyl adjacent to an activating group) is 1. The van der Waals surface area contributed by atoms with Crippen molar-refractivity contribution < 1.29 is 4.79 Å². The Bertz CT molecular complexity index is 678. The van der Waals surface area contributed by atoms with Crippen molar-refractivity contribution >= 4 is 11.6 Å². The zero-order valence-electron chi connectivity index (χ0n) is 14.4. The smallest absolute Gasteiger partial charge is 0.241 e. The van der Waals surface area contributed by atoms with Crippen LogP contribution in [0.2, 0.25) is 0 Å². The van der Waals surface area contributed by atoms with Crippen molar-refractivity contribution in [1.29, 1.82) is 0 Å². The lowest BCUT2D eigenvalue weighted by atomic mass is 10.0. The van der Waals surface area contributed by atoms with Gasteiger partial charge in [-0.1, -0.05) is 48.5 Å². The topological polar surface area (TPSA) is 35.6 Å². The highest BCUT2D eigenvalue weighted by molar-refractivity contribution is 5.98. The standard InChI is InChI=1S/C20H25N3O/c1-16(23-14-12-22(2)13-15-23)20(24)21-19-11-7-6-10-18(19)17-8-4-3-5-9-17/h3-11,16H,12-15H2,1-2H3,(H,21,24)/t16-/m0/s1. The summed E-state index contributed by atoms with van der Waals surface area (Å²) < 4.78 is 0. The van der Waals surface area contributed by atoms with E-state index in [9.17, 15) is 4.79 Å². The minimum Gasteiger partial charge on any atom is -0.324 e. The van der Waals surface area contributed by atoms with E-state index in [1.54, 1.807) is 0 Å². The quantitative estimate of drug-likeness (QED) is 0.940. The highest BCUT2D eigenvalue weighted by atomic mass is 16.2. The van der Waals surface area contributed by atoms with Crippen LogP contribution in [0.25, 0.3) is 11.1 Å². The molecule has 0 unspecified atom stereocenters. The molecule has 0 aliphatic carbocycles. The van der Waals surface area contributed by atoms with Gasteiger partial charge in [0.25, 0.3) is 0 Å². The summed E-state index contributed by atoms with van der Waals surface area (Å²) in [6.07, 6.45) is 0. The number of hydrogen-bond acceptors (Lipinski definition) is 3. The number of benzene rings is 2. The van der Waals surface area contributed by atoms with Gasteiger partial charge in [-0.25, -0.2) is 0 Å². The molecular weight excluding hydrogens is 298 g/mol. The molecule has 0 aromatic heterocycles. The maximum absolute atomic E-state index is 12.7. The number of piperazine rings is 1. The van der Waals surface area contributed by atoms with Crippen LogP contribution in [0.1, 0.15) is 6.92 Å². The summed E-state index contributed by atoms with van der Waals surface area (Å²) in [5.41, 5.74) is 3.03. The number of anilines is 1. The highest BCUT2D eigenvalue weighted by Crippen LogP contribution is 2.27. The molecule has 0 saturated carbocycles. The lowest BCUT2D eigenvalue weighted by Crippen LogP contribution is -2.51. The third-order valence-electron chi connectivity index (χ3n) is 4.73. The van der Waals surface area contributed by atoms with Crippen LogP contribution in [0.15, 0.2) is 54.6 Å². The number of rotatable bonds is 4. The fraction of sp³-hybridized carbons (Fsp3) is 0.350. The molecule has 24 heavy (non-hydrogen) atoms. The molecule has 3 rings (SSSR count). The fourth-order valence-corrected chi connectivity index (χ4v) is 3.07. The summed E-state index contributed by atoms with van der Waals surface area (Å²) in [5.74, 6) is 0.0583. The molecule has 2 aromatic rings. The zero-order chi connectivity index (χ0) is 16.9. The van der Waals surface area contributed by atoms with Crippen LogP contribution >= 0.6 is 0 Å². The van der Waals surface area contributed by atoms with Crippen LogP contribution in [-0.2, 0) is 4.79 Å². The van der Waals surface area contributed by atoms with Crippen molar-refractivity contribution in [1.82, 2.24) is 9.80 Å². The van der Waals surface area contributed by atoms with Crippen molar-refractivity contribution in [2.45, 2.75) is 13.0 Å². The van der Waals surface area contributed by atoms with Gasteiger partial charge in [-0.2, -0.15) is 0 Å². The summed E-state index contributed by atoms with van der Waals surface area (Å²) in [5, 5.41) is 3.12. The molecule has 0 spiro atoms. The number of amides is 1. The molecule has 0 bridgehead atoms. The lowest BCUT2D eigenvalue weighted by molar-refractivity contribution is -0.121. The Labute approximate surface area is 144 Å². The van der Waals surface area contributed by atoms with Gasteiger partial charge in [0.05, 0.1) is 6.04 Å². The van der Waals surface area contributed by atoms with Crippen molar-refractivity contribution in [2.75, 3.05) is 38.5 Å². The van der Waals surface area contributed by atoms with Gasteiger partial charge in [0.15, 0.2) is 0 Å². The van der Waals surface area contributed by atoms with E-state index in [0.717, 1.165) is 43.0 Å². The maximum atomic E-state index is 12.7. The van der Waals surface area contributed by atoms with E-state index in [1.807, 2.05) is 49.4 Å². The van der Waals surface area contributed by atoms with Crippen LogP contribution in [-0.4, -0.2) is 55.0 Å². The third kappa shape index (κ3) is 3.83. The van der Waals surface area contributed by atoms with Crippen molar-refractivity contribution in [3.05, 3.63) is 54.6 Å². The van der Waals surface area contributed by atoms with E-state index in [1.165, 1.54) is 0 Å². The Morgan fingerprint density at radius 1 is 0.958 bits per heavy atom. The van der Waals surface area contributed by atoms with Gasteiger partial charge in [-0.15, -0.1) is 0 Å². The van der Waals surface area contributed by atoms with Gasteiger partial charge >= 0.3 is 0 Å². The molecular formula is C20H25N3O. The number of hydrogen-bond donors (Lipinski definition) is 1. The van der Waals surface area contributed by atoms with Crippen molar-refractivity contribution in [3.63, 3.8) is 0 Å². The molecule has 1 N–H and O–H groups in total. The molecule has 2 aromatic carbocycles. The first-order chi connectivity index (χ1) is 11.6. The second kappa shape index (κ2) is 7.60. The van der Waals surface area contributed by atoms with E-state index in [0.29, 0.717) is 0 Å². The van der Waals surface area contributed by atoms with Gasteiger partial charge in [-0.3, -0.25) is 9.69 Å². The average Bonchev–Trinajstić information content (AvgIpc) is 2.63. The largest absolute Gasteiger partial charge is 0.324 e. The van der Waals surface area contributed by atoms with Crippen LogP contribution in [0.4, 0.5) is 5.69 Å². The minimum atomic E-state index is -0.123. The molecule has 1 heterocycles. The number of nitrogens with zero attached hydrogens (tertiary/aromatic N) is 2. The molecule has 1 saturated heterocycles. The Morgan fingerprint density at radius 3 is 2.29 bits per heavy atom. The number of carbonyl (C=O) groups is 1. The minimum absolute atomic E-state index is 0.0583. The SMILES string of the molecule is C[C@@H](C(=O)Nc1ccccc1-c1ccccc1)N1CCN(C)CC1. The molecule has 126 valence electrons. The predicted octanol–water partition coefficient (Wildman–Crippen LogP) is 2.93. The van der Waals surface area contributed by atoms with Crippen LogP contribution in [0.5, 0.6) is 0 Å². The Kier molecular flexibility index (Phi) is 5.28. The molecule has 0 radical (unpaired) electrons.